The van der Waals surface area contributed by atoms with Crippen LogP contribution in [0.5, 0.6) is 0 Å². The van der Waals surface area contributed by atoms with Gasteiger partial charge in [0.1, 0.15) is 0 Å². The highest BCUT2D eigenvalue weighted by Gasteiger charge is 2.53. The summed E-state index contributed by atoms with van der Waals surface area (Å²) in [4.78, 5) is 24.9. The number of hydrogen-bond donors (Lipinski definition) is 0. The van der Waals surface area contributed by atoms with E-state index in [4.69, 9.17) is 14.2 Å². The molecule has 2 aromatic rings. The van der Waals surface area contributed by atoms with E-state index < -0.39 is 36.0 Å². The van der Waals surface area contributed by atoms with Crippen molar-refractivity contribution in [2.75, 3.05) is 14.2 Å². The standard InChI is InChI=1S/C20H20O5/c1-23-19(21)16-15(13-9-5-3-6-10-13)18(20(22)24-2)25-17(16)14-11-7-4-8-12-14/h3-12,15-18H,1-2H3/t15-,16+,17+,18+/m0/s1. The Morgan fingerprint density at radius 1 is 0.800 bits per heavy atom. The van der Waals surface area contributed by atoms with Gasteiger partial charge in [0.25, 0.3) is 0 Å². The highest BCUT2D eigenvalue weighted by atomic mass is 16.6. The molecule has 1 fully saturated rings. The Morgan fingerprint density at radius 2 is 1.32 bits per heavy atom. The quantitative estimate of drug-likeness (QED) is 0.801. The molecular weight excluding hydrogens is 320 g/mol. The van der Waals surface area contributed by atoms with Crippen LogP contribution in [0.15, 0.2) is 60.7 Å². The van der Waals surface area contributed by atoms with Crippen LogP contribution in [-0.2, 0) is 23.8 Å². The first-order chi connectivity index (χ1) is 12.2. The zero-order valence-electron chi connectivity index (χ0n) is 14.1. The minimum atomic E-state index is -0.873. The number of esters is 2. The molecule has 4 atom stereocenters. The van der Waals surface area contributed by atoms with Gasteiger partial charge in [0.15, 0.2) is 6.10 Å². The molecule has 3 rings (SSSR count). The highest BCUT2D eigenvalue weighted by Crippen LogP contribution is 2.48. The maximum Gasteiger partial charge on any atom is 0.335 e. The summed E-state index contributed by atoms with van der Waals surface area (Å²) in [7, 11) is 2.66. The predicted molar refractivity (Wildman–Crippen MR) is 90.8 cm³/mol. The molecule has 5 heteroatoms. The van der Waals surface area contributed by atoms with Crippen LogP contribution in [0, 0.1) is 5.92 Å². The number of ether oxygens (including phenoxy) is 3. The van der Waals surface area contributed by atoms with Gasteiger partial charge in [-0.25, -0.2) is 4.79 Å². The van der Waals surface area contributed by atoms with Crippen LogP contribution in [0.2, 0.25) is 0 Å². The van der Waals surface area contributed by atoms with Gasteiger partial charge in [0.05, 0.1) is 26.2 Å². The van der Waals surface area contributed by atoms with Crippen LogP contribution in [-0.4, -0.2) is 32.3 Å². The van der Waals surface area contributed by atoms with Crippen molar-refractivity contribution in [3.05, 3.63) is 71.8 Å². The normalized spacial score (nSPS) is 25.4. The fourth-order valence-electron chi connectivity index (χ4n) is 3.41. The smallest absolute Gasteiger partial charge is 0.335 e. The summed E-state index contributed by atoms with van der Waals surface area (Å²) in [6.45, 7) is 0. The average Bonchev–Trinajstić information content (AvgIpc) is 3.08. The Morgan fingerprint density at radius 3 is 1.84 bits per heavy atom. The zero-order chi connectivity index (χ0) is 17.8. The van der Waals surface area contributed by atoms with E-state index >= 15 is 0 Å². The maximum atomic E-state index is 12.6. The summed E-state index contributed by atoms with van der Waals surface area (Å²) in [5.74, 6) is -2.03. The molecule has 5 nitrogen and oxygen atoms in total. The van der Waals surface area contributed by atoms with Crippen LogP contribution < -0.4 is 0 Å². The van der Waals surface area contributed by atoms with E-state index in [0.29, 0.717) is 0 Å². The molecule has 0 N–H and O–H groups in total. The largest absolute Gasteiger partial charge is 0.469 e. The summed E-state index contributed by atoms with van der Waals surface area (Å²) in [6.07, 6.45) is -1.45. The number of rotatable bonds is 4. The summed E-state index contributed by atoms with van der Waals surface area (Å²) in [5.41, 5.74) is 1.66. The van der Waals surface area contributed by atoms with Crippen LogP contribution in [0.1, 0.15) is 23.1 Å². The van der Waals surface area contributed by atoms with E-state index in [1.807, 2.05) is 60.7 Å². The lowest BCUT2D eigenvalue weighted by Crippen LogP contribution is -2.31. The summed E-state index contributed by atoms with van der Waals surface area (Å²) in [6, 6.07) is 18.8. The lowest BCUT2D eigenvalue weighted by atomic mass is 9.80. The van der Waals surface area contributed by atoms with Gasteiger partial charge in [-0.3, -0.25) is 4.79 Å². The van der Waals surface area contributed by atoms with E-state index in [9.17, 15) is 9.59 Å². The molecule has 0 amide bonds. The zero-order valence-corrected chi connectivity index (χ0v) is 14.1. The SMILES string of the molecule is COC(=O)[C@@H]1[C@H](c2ccccc2)[C@H](C(=O)OC)O[C@@H]1c1ccccc1. The maximum absolute atomic E-state index is 12.6. The third-order valence-corrected chi connectivity index (χ3v) is 4.55. The monoisotopic (exact) mass is 340 g/mol. The van der Waals surface area contributed by atoms with Crippen LogP contribution >= 0.6 is 0 Å². The van der Waals surface area contributed by atoms with Gasteiger partial charge >= 0.3 is 11.9 Å². The number of carbonyl (C=O) groups is 2. The van der Waals surface area contributed by atoms with Gasteiger partial charge in [0, 0.05) is 5.92 Å². The Bertz CT molecular complexity index is 728. The Hall–Kier alpha value is -2.66. The first kappa shape index (κ1) is 17.2. The summed E-state index contributed by atoms with van der Waals surface area (Å²) >= 11 is 0. The van der Waals surface area contributed by atoms with E-state index in [1.165, 1.54) is 14.2 Å². The molecule has 1 heterocycles. The second-order valence-electron chi connectivity index (χ2n) is 5.90. The van der Waals surface area contributed by atoms with Gasteiger partial charge in [0.2, 0.25) is 0 Å². The van der Waals surface area contributed by atoms with Gasteiger partial charge < -0.3 is 14.2 Å². The number of methoxy groups -OCH3 is 2. The molecule has 1 saturated heterocycles. The molecule has 0 radical (unpaired) electrons. The second kappa shape index (κ2) is 7.49. The van der Waals surface area contributed by atoms with Crippen molar-refractivity contribution in [1.82, 2.24) is 0 Å². The molecule has 0 spiro atoms. The minimum Gasteiger partial charge on any atom is -0.469 e. The van der Waals surface area contributed by atoms with Crippen LogP contribution in [0.25, 0.3) is 0 Å². The van der Waals surface area contributed by atoms with Crippen molar-refractivity contribution in [2.24, 2.45) is 5.92 Å². The summed E-state index contributed by atoms with van der Waals surface area (Å²) < 4.78 is 16.0. The highest BCUT2D eigenvalue weighted by molar-refractivity contribution is 5.82. The molecule has 25 heavy (non-hydrogen) atoms. The fraction of sp³-hybridized carbons (Fsp3) is 0.300. The van der Waals surface area contributed by atoms with E-state index in [1.54, 1.807) is 0 Å². The third-order valence-electron chi connectivity index (χ3n) is 4.55. The van der Waals surface area contributed by atoms with Crippen molar-refractivity contribution < 1.29 is 23.8 Å². The first-order valence-corrected chi connectivity index (χ1v) is 8.08. The molecule has 2 aromatic carbocycles. The fourth-order valence-corrected chi connectivity index (χ4v) is 3.41. The molecule has 130 valence electrons. The molecular formula is C20H20O5. The molecule has 1 aliphatic heterocycles. The first-order valence-electron chi connectivity index (χ1n) is 8.08. The van der Waals surface area contributed by atoms with E-state index in [2.05, 4.69) is 0 Å². The van der Waals surface area contributed by atoms with Gasteiger partial charge in [-0.2, -0.15) is 0 Å². The Labute approximate surface area is 146 Å². The van der Waals surface area contributed by atoms with E-state index in [0.717, 1.165) is 11.1 Å². The van der Waals surface area contributed by atoms with Gasteiger partial charge in [-0.15, -0.1) is 0 Å². The summed E-state index contributed by atoms with van der Waals surface area (Å²) in [5, 5.41) is 0. The van der Waals surface area contributed by atoms with Crippen LogP contribution in [0.3, 0.4) is 0 Å². The minimum absolute atomic E-state index is 0.408. The van der Waals surface area contributed by atoms with Crippen molar-refractivity contribution in [2.45, 2.75) is 18.1 Å². The Kier molecular flexibility index (Phi) is 5.14. The molecule has 0 bridgehead atoms. The lowest BCUT2D eigenvalue weighted by Gasteiger charge is -2.22. The number of benzene rings is 2. The lowest BCUT2D eigenvalue weighted by molar-refractivity contribution is -0.154. The Balaban J connectivity index is 2.09. The van der Waals surface area contributed by atoms with Crippen molar-refractivity contribution >= 4 is 11.9 Å². The molecule has 0 aromatic heterocycles. The number of carbonyl (C=O) groups excluding carboxylic acids is 2. The van der Waals surface area contributed by atoms with Crippen LogP contribution in [0.4, 0.5) is 0 Å². The molecule has 0 aliphatic carbocycles. The third kappa shape index (κ3) is 3.28. The molecule has 1 aliphatic rings. The van der Waals surface area contributed by atoms with Crippen molar-refractivity contribution in [1.29, 1.82) is 0 Å². The molecule has 0 saturated carbocycles. The van der Waals surface area contributed by atoms with E-state index in [-0.39, 0.29) is 0 Å². The number of hydrogen-bond acceptors (Lipinski definition) is 5. The predicted octanol–water partition coefficient (Wildman–Crippen LogP) is 2.87. The van der Waals surface area contributed by atoms with Crippen molar-refractivity contribution in [3.8, 4) is 0 Å². The van der Waals surface area contributed by atoms with Crippen molar-refractivity contribution in [3.63, 3.8) is 0 Å². The topological polar surface area (TPSA) is 61.8 Å². The molecule has 0 unspecified atom stereocenters. The van der Waals surface area contributed by atoms with Gasteiger partial charge in [-0.1, -0.05) is 60.7 Å². The van der Waals surface area contributed by atoms with Gasteiger partial charge in [-0.05, 0) is 11.1 Å². The average molecular weight is 340 g/mol. The second-order valence-corrected chi connectivity index (χ2v) is 5.90.